The Morgan fingerprint density at radius 1 is 1.09 bits per heavy atom. The number of fused-ring (bicyclic) bond motifs is 1. The Kier molecular flexibility index (Phi) is 7.01. The molecular weight excluding hydrogens is 506 g/mol. The summed E-state index contributed by atoms with van der Waals surface area (Å²) in [5.41, 5.74) is 3.05. The maximum Gasteiger partial charge on any atom is 0.147 e. The molecular formula is C23H25BrClN7O. The second-order valence-corrected chi connectivity index (χ2v) is 9.31. The van der Waals surface area contributed by atoms with E-state index in [9.17, 15) is 0 Å². The second-order valence-electron chi connectivity index (χ2n) is 8.09. The van der Waals surface area contributed by atoms with Crippen molar-refractivity contribution < 1.29 is 4.74 Å². The molecule has 1 fully saturated rings. The molecule has 0 amide bonds. The van der Waals surface area contributed by atoms with Crippen LogP contribution in [-0.4, -0.2) is 64.2 Å². The molecule has 2 aliphatic heterocycles. The normalized spacial score (nSPS) is 16.5. The van der Waals surface area contributed by atoms with E-state index in [1.807, 2.05) is 24.3 Å². The summed E-state index contributed by atoms with van der Waals surface area (Å²) in [7, 11) is 0. The highest BCUT2D eigenvalue weighted by atomic mass is 79.9. The molecule has 1 saturated heterocycles. The fourth-order valence-corrected chi connectivity index (χ4v) is 4.63. The Hall–Kier alpha value is -2.33. The number of anilines is 3. The van der Waals surface area contributed by atoms with Crippen molar-refractivity contribution in [2.75, 3.05) is 49.6 Å². The number of hydrogen-bond acceptors (Lipinski definition) is 8. The molecule has 0 aromatic carbocycles. The van der Waals surface area contributed by atoms with Crippen LogP contribution < -0.4 is 10.2 Å². The first-order valence-corrected chi connectivity index (χ1v) is 12.3. The zero-order valence-corrected chi connectivity index (χ0v) is 20.5. The number of aromatic nitrogens is 4. The average molecular weight is 531 g/mol. The molecule has 3 aromatic heterocycles. The first-order valence-electron chi connectivity index (χ1n) is 11.1. The smallest absolute Gasteiger partial charge is 0.147 e. The van der Waals surface area contributed by atoms with E-state index in [1.165, 1.54) is 0 Å². The van der Waals surface area contributed by atoms with Crippen LogP contribution in [0.5, 0.6) is 0 Å². The van der Waals surface area contributed by atoms with Crippen molar-refractivity contribution in [1.29, 1.82) is 0 Å². The Bertz CT molecular complexity index is 1110. The third-order valence-electron chi connectivity index (χ3n) is 5.90. The van der Waals surface area contributed by atoms with E-state index >= 15 is 0 Å². The summed E-state index contributed by atoms with van der Waals surface area (Å²) in [6.45, 7) is 5.83. The molecule has 0 radical (unpaired) electrons. The van der Waals surface area contributed by atoms with Crippen molar-refractivity contribution >= 4 is 44.9 Å². The van der Waals surface area contributed by atoms with Gasteiger partial charge in [0.1, 0.15) is 22.1 Å². The third-order valence-corrected chi connectivity index (χ3v) is 6.66. The van der Waals surface area contributed by atoms with Crippen LogP contribution in [0.25, 0.3) is 0 Å². The van der Waals surface area contributed by atoms with Crippen LogP contribution in [0.1, 0.15) is 17.1 Å². The molecule has 8 nitrogen and oxygen atoms in total. The summed E-state index contributed by atoms with van der Waals surface area (Å²) in [5, 5.41) is 4.13. The zero-order valence-electron chi connectivity index (χ0n) is 18.2. The molecule has 10 heteroatoms. The summed E-state index contributed by atoms with van der Waals surface area (Å²) in [5.74, 6) is 2.49. The summed E-state index contributed by atoms with van der Waals surface area (Å²) >= 11 is 9.82. The highest BCUT2D eigenvalue weighted by Crippen LogP contribution is 2.31. The molecule has 0 bridgehead atoms. The Balaban J connectivity index is 1.42. The summed E-state index contributed by atoms with van der Waals surface area (Å²) in [6, 6.07) is 7.63. The topological polar surface area (TPSA) is 79.3 Å². The quantitative estimate of drug-likeness (QED) is 0.481. The van der Waals surface area contributed by atoms with Gasteiger partial charge in [0, 0.05) is 44.4 Å². The number of hydrogen-bond donors (Lipinski definition) is 1. The highest BCUT2D eigenvalue weighted by molar-refractivity contribution is 9.10. The van der Waals surface area contributed by atoms with Gasteiger partial charge in [-0.25, -0.2) is 19.9 Å². The van der Waals surface area contributed by atoms with Gasteiger partial charge in [-0.05, 0) is 46.6 Å². The lowest BCUT2D eigenvalue weighted by atomic mass is 10.0. The predicted molar refractivity (Wildman–Crippen MR) is 132 cm³/mol. The number of morpholine rings is 1. The van der Waals surface area contributed by atoms with Crippen molar-refractivity contribution in [2.45, 2.75) is 19.4 Å². The van der Waals surface area contributed by atoms with Crippen LogP contribution >= 0.6 is 27.5 Å². The van der Waals surface area contributed by atoms with E-state index in [0.29, 0.717) is 11.6 Å². The first kappa shape index (κ1) is 22.5. The number of halogens is 2. The fraction of sp³-hybridized carbons (Fsp3) is 0.391. The van der Waals surface area contributed by atoms with Gasteiger partial charge in [0.25, 0.3) is 0 Å². The SMILES string of the molecule is Clc1cccnc1N1CCc2c(nc(CCN3CCOCC3)nc2Nc2ccc(Br)nc2)C1. The van der Waals surface area contributed by atoms with Gasteiger partial charge in [0.05, 0.1) is 42.4 Å². The average Bonchev–Trinajstić information content (AvgIpc) is 2.85. The summed E-state index contributed by atoms with van der Waals surface area (Å²) in [4.78, 5) is 23.3. The molecule has 0 saturated carbocycles. The van der Waals surface area contributed by atoms with Crippen LogP contribution in [0.15, 0.2) is 41.3 Å². The minimum absolute atomic E-state index is 0.645. The van der Waals surface area contributed by atoms with Crippen LogP contribution in [0.3, 0.4) is 0 Å². The number of nitrogens with one attached hydrogen (secondary N) is 1. The van der Waals surface area contributed by atoms with Gasteiger partial charge in [-0.1, -0.05) is 11.6 Å². The van der Waals surface area contributed by atoms with E-state index in [-0.39, 0.29) is 0 Å². The lowest BCUT2D eigenvalue weighted by Gasteiger charge is -2.31. The maximum atomic E-state index is 6.43. The van der Waals surface area contributed by atoms with E-state index < -0.39 is 0 Å². The third kappa shape index (κ3) is 5.43. The minimum atomic E-state index is 0.645. The van der Waals surface area contributed by atoms with Crippen molar-refractivity contribution in [2.24, 2.45) is 0 Å². The van der Waals surface area contributed by atoms with Gasteiger partial charge in [0.15, 0.2) is 0 Å². The number of ether oxygens (including phenoxy) is 1. The lowest BCUT2D eigenvalue weighted by molar-refractivity contribution is 0.0382. The van der Waals surface area contributed by atoms with E-state index in [0.717, 1.165) is 91.2 Å². The standard InChI is InChI=1S/C23H25BrClN7O/c24-20-4-3-16(14-27-20)28-22-17-5-9-32(23-18(25)2-1-7-26-23)15-19(17)29-21(30-22)6-8-31-10-12-33-13-11-31/h1-4,7,14H,5-6,8-13,15H2,(H,28,29,30). The van der Waals surface area contributed by atoms with Crippen molar-refractivity contribution in [3.63, 3.8) is 0 Å². The lowest BCUT2D eigenvalue weighted by Crippen LogP contribution is -2.38. The monoisotopic (exact) mass is 529 g/mol. The number of pyridine rings is 2. The van der Waals surface area contributed by atoms with Gasteiger partial charge >= 0.3 is 0 Å². The molecule has 1 N–H and O–H groups in total. The van der Waals surface area contributed by atoms with Crippen molar-refractivity contribution in [3.05, 3.63) is 63.4 Å². The Morgan fingerprint density at radius 3 is 2.76 bits per heavy atom. The maximum absolute atomic E-state index is 6.43. The van der Waals surface area contributed by atoms with E-state index in [2.05, 4.69) is 41.0 Å². The van der Waals surface area contributed by atoms with Gasteiger partial charge in [-0.15, -0.1) is 0 Å². The molecule has 0 aliphatic carbocycles. The zero-order chi connectivity index (χ0) is 22.6. The molecule has 0 atom stereocenters. The Morgan fingerprint density at radius 2 is 1.97 bits per heavy atom. The number of rotatable bonds is 6. The van der Waals surface area contributed by atoms with Crippen LogP contribution in [-0.2, 0) is 24.1 Å². The second kappa shape index (κ2) is 10.3. The van der Waals surface area contributed by atoms with Gasteiger partial charge in [-0.2, -0.15) is 0 Å². The molecule has 0 unspecified atom stereocenters. The summed E-state index contributed by atoms with van der Waals surface area (Å²) in [6.07, 6.45) is 5.16. The number of nitrogens with zero attached hydrogens (tertiary/aromatic N) is 6. The van der Waals surface area contributed by atoms with E-state index in [4.69, 9.17) is 26.3 Å². The molecule has 33 heavy (non-hydrogen) atoms. The predicted octanol–water partition coefficient (Wildman–Crippen LogP) is 3.86. The fourth-order valence-electron chi connectivity index (χ4n) is 4.16. The molecule has 172 valence electrons. The van der Waals surface area contributed by atoms with Crippen LogP contribution in [0.4, 0.5) is 17.3 Å². The molecule has 2 aliphatic rings. The van der Waals surface area contributed by atoms with Gasteiger partial charge in [-0.3, -0.25) is 4.90 Å². The largest absolute Gasteiger partial charge is 0.379 e. The minimum Gasteiger partial charge on any atom is -0.379 e. The molecule has 5 rings (SSSR count). The summed E-state index contributed by atoms with van der Waals surface area (Å²) < 4.78 is 6.27. The molecule has 5 heterocycles. The highest BCUT2D eigenvalue weighted by Gasteiger charge is 2.25. The molecule has 0 spiro atoms. The van der Waals surface area contributed by atoms with E-state index in [1.54, 1.807) is 12.4 Å². The Labute approximate surface area is 206 Å². The van der Waals surface area contributed by atoms with Crippen molar-refractivity contribution in [1.82, 2.24) is 24.8 Å². The first-order chi connectivity index (χ1) is 16.2. The van der Waals surface area contributed by atoms with Crippen molar-refractivity contribution in [3.8, 4) is 0 Å². The molecule has 3 aromatic rings. The van der Waals surface area contributed by atoms with Crippen LogP contribution in [0.2, 0.25) is 5.02 Å². The van der Waals surface area contributed by atoms with Gasteiger partial charge < -0.3 is 15.0 Å². The van der Waals surface area contributed by atoms with Gasteiger partial charge in [0.2, 0.25) is 0 Å². The van der Waals surface area contributed by atoms with Crippen LogP contribution in [0, 0.1) is 0 Å².